The number of carbonyl (C=O) groups is 1. The Labute approximate surface area is 202 Å². The van der Waals surface area contributed by atoms with Gasteiger partial charge in [0, 0.05) is 12.6 Å². The van der Waals surface area contributed by atoms with E-state index >= 15 is 0 Å². The van der Waals surface area contributed by atoms with E-state index in [0.29, 0.717) is 18.4 Å². The summed E-state index contributed by atoms with van der Waals surface area (Å²) < 4.78 is 13.9. The number of carboxylic acid groups (broad SMARTS) is 1. The number of benzene rings is 2. The van der Waals surface area contributed by atoms with Crippen LogP contribution >= 0.6 is 0 Å². The number of rotatable bonds is 8. The lowest BCUT2D eigenvalue weighted by atomic mass is 9.73. The summed E-state index contributed by atoms with van der Waals surface area (Å²) in [6.45, 7) is 2.41. The van der Waals surface area contributed by atoms with Gasteiger partial charge in [0.2, 0.25) is 0 Å². The summed E-state index contributed by atoms with van der Waals surface area (Å²) in [5, 5.41) is 10.0. The predicted molar refractivity (Wildman–Crippen MR) is 133 cm³/mol. The molecular weight excluding hydrogens is 429 g/mol. The molecule has 0 spiro atoms. The number of carboxylic acids is 1. The van der Waals surface area contributed by atoms with E-state index in [0.717, 1.165) is 43.2 Å². The number of aliphatic carboxylic acids is 1. The molecule has 0 saturated heterocycles. The zero-order valence-corrected chi connectivity index (χ0v) is 20.4. The topological polar surface area (TPSA) is 56.1 Å². The molecule has 3 unspecified atom stereocenters. The average molecular weight is 466 g/mol. The summed E-state index contributed by atoms with van der Waals surface area (Å²) in [6, 6.07) is 17.1. The summed E-state index contributed by atoms with van der Waals surface area (Å²) in [5.74, 6) is -0.142. The molecule has 1 fully saturated rings. The summed E-state index contributed by atoms with van der Waals surface area (Å²) >= 11 is 0. The smallest absolute Gasteiger partial charge is 0.333 e. The highest BCUT2D eigenvalue weighted by molar-refractivity contribution is 5.84. The first-order chi connectivity index (χ1) is 16.3. The molecule has 2 aromatic carbocycles. The van der Waals surface area contributed by atoms with E-state index < -0.39 is 11.5 Å². The van der Waals surface area contributed by atoms with Gasteiger partial charge in [-0.1, -0.05) is 55.3 Å². The summed E-state index contributed by atoms with van der Waals surface area (Å²) in [6.07, 6.45) is 6.77. The SMILES string of the molecule is CN(C)C(c1cccc(F)c1)C1CCC(CC2N(Cc3ccccc3)C=NC2(C)C(=O)O)CC1. The molecule has 2 aromatic rings. The molecule has 4 rings (SSSR count). The van der Waals surface area contributed by atoms with Crippen LogP contribution in [0.1, 0.15) is 56.2 Å². The monoisotopic (exact) mass is 465 g/mol. The van der Waals surface area contributed by atoms with E-state index in [9.17, 15) is 14.3 Å². The number of hydrogen-bond donors (Lipinski definition) is 1. The number of aliphatic imine (C=N–C) groups is 1. The van der Waals surface area contributed by atoms with Crippen molar-refractivity contribution in [3.05, 3.63) is 71.5 Å². The fourth-order valence-electron chi connectivity index (χ4n) is 5.93. The molecule has 0 amide bonds. The first-order valence-electron chi connectivity index (χ1n) is 12.3. The standard InChI is InChI=1S/C28H36FN3O2/c1-28(27(33)34)25(32(19-30-28)18-21-8-5-4-6-9-21)16-20-12-14-22(15-13-20)26(31(2)3)23-10-7-11-24(29)17-23/h4-11,17,19-20,22,25-26H,12-16,18H2,1-3H3,(H,33,34). The maximum absolute atomic E-state index is 13.9. The number of nitrogens with zero attached hydrogens (tertiary/aromatic N) is 3. The zero-order valence-electron chi connectivity index (χ0n) is 20.4. The molecule has 3 atom stereocenters. The van der Waals surface area contributed by atoms with E-state index in [2.05, 4.69) is 41.0 Å². The van der Waals surface area contributed by atoms with Crippen molar-refractivity contribution >= 4 is 12.3 Å². The maximum atomic E-state index is 13.9. The Bertz CT molecular complexity index is 1000. The van der Waals surface area contributed by atoms with Crippen LogP contribution in [0.3, 0.4) is 0 Å². The van der Waals surface area contributed by atoms with Gasteiger partial charge in [0.1, 0.15) is 5.82 Å². The lowest BCUT2D eigenvalue weighted by Gasteiger charge is -2.40. The summed E-state index contributed by atoms with van der Waals surface area (Å²) in [7, 11) is 4.13. The van der Waals surface area contributed by atoms with E-state index in [-0.39, 0.29) is 17.9 Å². The van der Waals surface area contributed by atoms with Gasteiger partial charge in [-0.2, -0.15) is 0 Å². The van der Waals surface area contributed by atoms with Crippen LogP contribution in [0.25, 0.3) is 0 Å². The highest BCUT2D eigenvalue weighted by Crippen LogP contribution is 2.42. The Morgan fingerprint density at radius 2 is 1.85 bits per heavy atom. The zero-order chi connectivity index (χ0) is 24.3. The van der Waals surface area contributed by atoms with Gasteiger partial charge in [0.25, 0.3) is 0 Å². The Balaban J connectivity index is 1.44. The van der Waals surface area contributed by atoms with Gasteiger partial charge in [-0.25, -0.2) is 9.18 Å². The predicted octanol–water partition coefficient (Wildman–Crippen LogP) is 5.38. The number of hydrogen-bond acceptors (Lipinski definition) is 4. The van der Waals surface area contributed by atoms with Crippen LogP contribution in [-0.4, -0.2) is 52.9 Å². The van der Waals surface area contributed by atoms with Crippen molar-refractivity contribution in [2.75, 3.05) is 14.1 Å². The molecule has 1 N–H and O–H groups in total. The molecule has 0 aromatic heterocycles. The van der Waals surface area contributed by atoms with Crippen LogP contribution in [0.4, 0.5) is 4.39 Å². The van der Waals surface area contributed by atoms with Crippen molar-refractivity contribution in [2.45, 2.75) is 63.2 Å². The van der Waals surface area contributed by atoms with Crippen LogP contribution in [0, 0.1) is 17.7 Å². The quantitative estimate of drug-likeness (QED) is 0.569. The highest BCUT2D eigenvalue weighted by Gasteiger charge is 2.48. The van der Waals surface area contributed by atoms with Gasteiger partial charge >= 0.3 is 5.97 Å². The highest BCUT2D eigenvalue weighted by atomic mass is 19.1. The third-order valence-electron chi connectivity index (χ3n) is 7.81. The van der Waals surface area contributed by atoms with Crippen molar-refractivity contribution in [3.8, 4) is 0 Å². The Morgan fingerprint density at radius 3 is 2.47 bits per heavy atom. The van der Waals surface area contributed by atoms with Crippen LogP contribution in [0.5, 0.6) is 0 Å². The molecule has 5 nitrogen and oxygen atoms in total. The first-order valence-corrected chi connectivity index (χ1v) is 12.3. The molecule has 2 aliphatic rings. The second kappa shape index (κ2) is 10.3. The molecule has 0 bridgehead atoms. The van der Waals surface area contributed by atoms with Gasteiger partial charge in [0.15, 0.2) is 5.54 Å². The van der Waals surface area contributed by atoms with Gasteiger partial charge in [0.05, 0.1) is 12.4 Å². The van der Waals surface area contributed by atoms with Gasteiger partial charge < -0.3 is 14.9 Å². The molecule has 182 valence electrons. The van der Waals surface area contributed by atoms with Crippen molar-refractivity contribution in [2.24, 2.45) is 16.8 Å². The fraction of sp³-hybridized carbons (Fsp3) is 0.500. The molecule has 6 heteroatoms. The normalized spacial score (nSPS) is 27.8. The van der Waals surface area contributed by atoms with E-state index in [4.69, 9.17) is 0 Å². The van der Waals surface area contributed by atoms with Crippen molar-refractivity contribution < 1.29 is 14.3 Å². The molecule has 1 aliphatic carbocycles. The van der Waals surface area contributed by atoms with Crippen LogP contribution in [-0.2, 0) is 11.3 Å². The van der Waals surface area contributed by atoms with E-state index in [1.165, 1.54) is 6.07 Å². The molecule has 1 saturated carbocycles. The van der Waals surface area contributed by atoms with Crippen molar-refractivity contribution in [1.82, 2.24) is 9.80 Å². The summed E-state index contributed by atoms with van der Waals surface area (Å²) in [5.41, 5.74) is 1.06. The van der Waals surface area contributed by atoms with Gasteiger partial charge in [-0.3, -0.25) is 4.99 Å². The molecular formula is C28H36FN3O2. The third kappa shape index (κ3) is 5.17. The lowest BCUT2D eigenvalue weighted by molar-refractivity contribution is -0.144. The van der Waals surface area contributed by atoms with Crippen molar-refractivity contribution in [1.29, 1.82) is 0 Å². The second-order valence-corrected chi connectivity index (χ2v) is 10.4. The second-order valence-electron chi connectivity index (χ2n) is 10.4. The van der Waals surface area contributed by atoms with Gasteiger partial charge in [-0.05, 0) is 75.4 Å². The minimum Gasteiger partial charge on any atom is -0.479 e. The fourth-order valence-corrected chi connectivity index (χ4v) is 5.93. The first kappa shape index (κ1) is 24.4. The molecule has 1 aliphatic heterocycles. The third-order valence-corrected chi connectivity index (χ3v) is 7.81. The summed E-state index contributed by atoms with van der Waals surface area (Å²) in [4.78, 5) is 21.0. The Morgan fingerprint density at radius 1 is 1.15 bits per heavy atom. The Hall–Kier alpha value is -2.73. The van der Waals surface area contributed by atoms with Crippen molar-refractivity contribution in [3.63, 3.8) is 0 Å². The van der Waals surface area contributed by atoms with Crippen LogP contribution < -0.4 is 0 Å². The lowest BCUT2D eigenvalue weighted by Crippen LogP contribution is -2.50. The molecule has 0 radical (unpaired) electrons. The maximum Gasteiger partial charge on any atom is 0.333 e. The average Bonchev–Trinajstić information content (AvgIpc) is 3.12. The molecule has 34 heavy (non-hydrogen) atoms. The largest absolute Gasteiger partial charge is 0.479 e. The Kier molecular flexibility index (Phi) is 7.36. The minimum atomic E-state index is -1.13. The van der Waals surface area contributed by atoms with Crippen LogP contribution in [0.2, 0.25) is 0 Å². The number of halogens is 1. The van der Waals surface area contributed by atoms with E-state index in [1.807, 2.05) is 24.3 Å². The van der Waals surface area contributed by atoms with Gasteiger partial charge in [-0.15, -0.1) is 0 Å². The minimum absolute atomic E-state index is 0.167. The van der Waals surface area contributed by atoms with E-state index in [1.54, 1.807) is 25.4 Å². The van der Waals surface area contributed by atoms with Crippen LogP contribution in [0.15, 0.2) is 59.6 Å². The molecule has 1 heterocycles.